The van der Waals surface area contributed by atoms with E-state index in [1.807, 2.05) is 23.2 Å². The van der Waals surface area contributed by atoms with Gasteiger partial charge in [-0.25, -0.2) is 33.5 Å². The lowest BCUT2D eigenvalue weighted by Gasteiger charge is -2.33. The standard InChI is InChI=1S/C17H17FN6O3.C13H11N5O3.C4H8FNO/c18-17(7-26-8-17)6-20-16(25)13-11-5-24(4-2-12(11)27-23-13)15-10-1-3-19-14(10)21-9-22-15;19-13(20)10-8-5-18(4-2-9(8)21-17-10)12-7-1-3-14-11(7)15-6-16-12;5-4(1-6)2-7-3-4/h1,3,9H,2,4-8H2,(H,20,25)(H,19,21,22);1,3,6H,2,4-5H2,(H,19,20)(H,14,15,16);1-3,6H2. The molecule has 0 aromatic carbocycles. The van der Waals surface area contributed by atoms with Gasteiger partial charge in [0.25, 0.3) is 5.91 Å². The molecule has 4 aliphatic rings. The zero-order valence-corrected chi connectivity index (χ0v) is 29.3. The van der Waals surface area contributed by atoms with Crippen molar-refractivity contribution in [1.82, 2.24) is 45.5 Å². The number of carbonyl (C=O) groups excluding carboxylic acids is 1. The monoisotopic (exact) mass is 762 g/mol. The highest BCUT2D eigenvalue weighted by Crippen LogP contribution is 2.31. The predicted octanol–water partition coefficient (Wildman–Crippen LogP) is 1.87. The number of aromatic carboxylic acids is 1. The lowest BCUT2D eigenvalue weighted by atomic mass is 10.0. The van der Waals surface area contributed by atoms with Crippen molar-refractivity contribution < 1.29 is 42.0 Å². The molecule has 6 aromatic rings. The largest absolute Gasteiger partial charge is 0.476 e. The number of nitrogens with two attached hydrogens (primary N) is 1. The zero-order valence-electron chi connectivity index (χ0n) is 29.3. The Bertz CT molecular complexity index is 2330. The SMILES string of the molecule is NCC1(F)COC1.O=C(NCC1(F)COC1)c1noc2c1CN(c1ncnc3[nH]ccc13)CC2.O=C(O)c1noc2c1CN(c1ncnc3[nH]ccc13)CC2. The molecule has 10 rings (SSSR count). The smallest absolute Gasteiger partial charge is 0.358 e. The highest BCUT2D eigenvalue weighted by Gasteiger charge is 2.40. The Balaban J connectivity index is 0.000000135. The number of aromatic nitrogens is 8. The molecule has 4 aliphatic heterocycles. The van der Waals surface area contributed by atoms with Gasteiger partial charge in [0.15, 0.2) is 22.7 Å². The van der Waals surface area contributed by atoms with Gasteiger partial charge in [0, 0.05) is 56.0 Å². The molecule has 288 valence electrons. The maximum absolute atomic E-state index is 14.0. The number of hydrogen-bond acceptors (Lipinski definition) is 15. The highest BCUT2D eigenvalue weighted by molar-refractivity contribution is 5.94. The van der Waals surface area contributed by atoms with Crippen LogP contribution in [0, 0.1) is 0 Å². The molecule has 0 saturated carbocycles. The summed E-state index contributed by atoms with van der Waals surface area (Å²) in [5, 5.41) is 21.1. The van der Waals surface area contributed by atoms with Gasteiger partial charge in [0.05, 0.1) is 56.8 Å². The van der Waals surface area contributed by atoms with E-state index in [0.717, 1.165) is 33.7 Å². The van der Waals surface area contributed by atoms with Crippen LogP contribution < -0.4 is 20.9 Å². The third-order valence-corrected chi connectivity index (χ3v) is 9.71. The van der Waals surface area contributed by atoms with Crippen LogP contribution in [0.3, 0.4) is 0 Å². The fourth-order valence-electron chi connectivity index (χ4n) is 6.54. The van der Waals surface area contributed by atoms with E-state index in [4.69, 9.17) is 24.6 Å². The maximum atomic E-state index is 14.0. The van der Waals surface area contributed by atoms with Crippen LogP contribution in [-0.4, -0.2) is 121 Å². The van der Waals surface area contributed by atoms with Gasteiger partial charge in [-0.3, -0.25) is 4.79 Å². The fourth-order valence-corrected chi connectivity index (χ4v) is 6.54. The Kier molecular flexibility index (Phi) is 9.57. The summed E-state index contributed by atoms with van der Waals surface area (Å²) in [7, 11) is 0. The Morgan fingerprint density at radius 1 is 0.800 bits per heavy atom. The van der Waals surface area contributed by atoms with E-state index in [9.17, 15) is 18.4 Å². The molecular weight excluding hydrogens is 726 g/mol. The minimum Gasteiger partial charge on any atom is -0.476 e. The van der Waals surface area contributed by atoms with Crippen LogP contribution in [0.4, 0.5) is 20.4 Å². The van der Waals surface area contributed by atoms with E-state index in [0.29, 0.717) is 61.7 Å². The fraction of sp³-hybridized carbons (Fsp3) is 0.412. The van der Waals surface area contributed by atoms with Crippen molar-refractivity contribution in [3.63, 3.8) is 0 Å². The van der Waals surface area contributed by atoms with Crippen LogP contribution in [-0.2, 0) is 35.4 Å². The lowest BCUT2D eigenvalue weighted by molar-refractivity contribution is -0.126. The van der Waals surface area contributed by atoms with E-state index < -0.39 is 23.2 Å². The van der Waals surface area contributed by atoms with Gasteiger partial charge in [-0.05, 0) is 12.1 Å². The first-order valence-electron chi connectivity index (χ1n) is 17.4. The van der Waals surface area contributed by atoms with Crippen molar-refractivity contribution in [3.05, 3.63) is 71.2 Å². The number of H-pyrrole nitrogens is 2. The third kappa shape index (κ3) is 7.15. The van der Waals surface area contributed by atoms with Gasteiger partial charge in [0.1, 0.15) is 47.1 Å². The molecule has 1 amide bonds. The van der Waals surface area contributed by atoms with E-state index in [2.05, 4.69) is 55.2 Å². The summed E-state index contributed by atoms with van der Waals surface area (Å²) in [6, 6.07) is 3.83. The average Bonchev–Trinajstić information content (AvgIpc) is 4.01. The number of anilines is 2. The van der Waals surface area contributed by atoms with E-state index in [1.54, 1.807) is 6.20 Å². The Labute approximate surface area is 309 Å². The number of halogens is 2. The van der Waals surface area contributed by atoms with Gasteiger partial charge in [0.2, 0.25) is 0 Å². The number of ether oxygens (including phenoxy) is 2. The molecule has 2 saturated heterocycles. The van der Waals surface area contributed by atoms with Gasteiger partial charge in [-0.1, -0.05) is 10.3 Å². The maximum Gasteiger partial charge on any atom is 0.358 e. The first-order valence-corrected chi connectivity index (χ1v) is 17.4. The molecule has 19 nitrogen and oxygen atoms in total. The number of carbonyl (C=O) groups is 2. The van der Waals surface area contributed by atoms with Crippen molar-refractivity contribution in [1.29, 1.82) is 0 Å². The van der Waals surface area contributed by atoms with E-state index >= 15 is 0 Å². The summed E-state index contributed by atoms with van der Waals surface area (Å²) in [5.74, 6) is 1.37. The van der Waals surface area contributed by atoms with Crippen LogP contribution in [0.2, 0.25) is 0 Å². The second kappa shape index (κ2) is 14.6. The Hall–Kier alpha value is -6.06. The van der Waals surface area contributed by atoms with Crippen LogP contribution in [0.25, 0.3) is 22.1 Å². The molecule has 21 heteroatoms. The summed E-state index contributed by atoms with van der Waals surface area (Å²) in [6.07, 6.45) is 7.83. The lowest BCUT2D eigenvalue weighted by Crippen LogP contribution is -2.53. The molecule has 6 N–H and O–H groups in total. The number of carboxylic acid groups (broad SMARTS) is 1. The number of fused-ring (bicyclic) bond motifs is 4. The first kappa shape index (κ1) is 35.9. The second-order valence-corrected chi connectivity index (χ2v) is 13.6. The summed E-state index contributed by atoms with van der Waals surface area (Å²) < 4.78 is 46.3. The van der Waals surface area contributed by atoms with Crippen LogP contribution in [0.15, 0.2) is 46.2 Å². The molecule has 6 aromatic heterocycles. The van der Waals surface area contributed by atoms with Crippen LogP contribution in [0.5, 0.6) is 0 Å². The summed E-state index contributed by atoms with van der Waals surface area (Å²) in [5.41, 5.74) is 5.35. The molecule has 0 spiro atoms. The number of rotatable bonds is 7. The number of aromatic amines is 2. The van der Waals surface area contributed by atoms with E-state index in [-0.39, 0.29) is 50.9 Å². The minimum atomic E-state index is -1.49. The summed E-state index contributed by atoms with van der Waals surface area (Å²) >= 11 is 0. The number of alkyl halides is 2. The molecule has 0 atom stereocenters. The minimum absolute atomic E-state index is 0.00163. The Morgan fingerprint density at radius 2 is 1.31 bits per heavy atom. The molecule has 0 aliphatic carbocycles. The van der Waals surface area contributed by atoms with Crippen molar-refractivity contribution >= 4 is 45.6 Å². The van der Waals surface area contributed by atoms with Gasteiger partial charge < -0.3 is 54.4 Å². The second-order valence-electron chi connectivity index (χ2n) is 13.6. The van der Waals surface area contributed by atoms with Crippen molar-refractivity contribution in [3.8, 4) is 0 Å². The first-order chi connectivity index (χ1) is 26.6. The number of carboxylic acids is 1. The molecule has 55 heavy (non-hydrogen) atoms. The number of nitrogens with zero attached hydrogens (tertiary/aromatic N) is 8. The summed E-state index contributed by atoms with van der Waals surface area (Å²) in [6.45, 7) is 2.58. The topological polar surface area (TPSA) is 253 Å². The number of nitrogens with one attached hydrogen (secondary N) is 3. The Morgan fingerprint density at radius 3 is 1.76 bits per heavy atom. The van der Waals surface area contributed by atoms with E-state index in [1.165, 1.54) is 12.7 Å². The molecule has 2 fully saturated rings. The highest BCUT2D eigenvalue weighted by atomic mass is 19.1. The molecular formula is C34H36F2N12O7. The van der Waals surface area contributed by atoms with Crippen molar-refractivity contribution in [2.24, 2.45) is 5.73 Å². The van der Waals surface area contributed by atoms with Crippen LogP contribution >= 0.6 is 0 Å². The number of hydrogen-bond donors (Lipinski definition) is 5. The normalized spacial score (nSPS) is 17.8. The van der Waals surface area contributed by atoms with Crippen molar-refractivity contribution in [2.75, 3.05) is 62.4 Å². The van der Waals surface area contributed by atoms with Gasteiger partial charge in [-0.2, -0.15) is 0 Å². The molecule has 0 bridgehead atoms. The average molecular weight is 763 g/mol. The predicted molar refractivity (Wildman–Crippen MR) is 188 cm³/mol. The quantitative estimate of drug-likeness (QED) is 0.156. The van der Waals surface area contributed by atoms with Gasteiger partial charge in [-0.15, -0.1) is 0 Å². The van der Waals surface area contributed by atoms with Crippen molar-refractivity contribution in [2.45, 2.75) is 37.3 Å². The molecule has 0 unspecified atom stereocenters. The van der Waals surface area contributed by atoms with Crippen LogP contribution in [0.1, 0.15) is 43.6 Å². The van der Waals surface area contributed by atoms with Gasteiger partial charge >= 0.3 is 5.97 Å². The molecule has 0 radical (unpaired) electrons. The third-order valence-electron chi connectivity index (χ3n) is 9.71. The zero-order chi connectivity index (χ0) is 38.2. The molecule has 10 heterocycles. The number of amides is 1. The summed E-state index contributed by atoms with van der Waals surface area (Å²) in [4.78, 5) is 50.9.